The maximum Gasteiger partial charge on any atom is 0.501 e. The number of alkyl halides is 3. The number of carbonyl (C=O) groups is 1. The highest BCUT2D eigenvalue weighted by Gasteiger charge is 2.49. The van der Waals surface area contributed by atoms with Crippen LogP contribution in [0.2, 0.25) is 5.02 Å². The lowest BCUT2D eigenvalue weighted by Crippen LogP contribution is -2.46. The van der Waals surface area contributed by atoms with E-state index in [1.807, 2.05) is 99.6 Å². The van der Waals surface area contributed by atoms with Gasteiger partial charge in [-0.1, -0.05) is 54.1 Å². The van der Waals surface area contributed by atoms with Crippen LogP contribution in [-0.2, 0) is 28.0 Å². The van der Waals surface area contributed by atoms with Crippen molar-refractivity contribution in [1.29, 1.82) is 0 Å². The Morgan fingerprint density at radius 1 is 0.850 bits per heavy atom. The standard InChI is InChI=1S/C56H64ClF3N6O10P2S2/c1-38(2)66-39(3)52(55(67)68)53(54(66)41-12-14-43(57)15-13-41)42-8-7-9-47(34-42)64-30-28-63(29-31-64)45-16-18-46(19-17-45)65-32-33-75-77(65,69)48-20-21-50(51(35-48)80(73,74)56(58,59)60)61-44(37-79-49-10-5-4-6-11-49)24-27-62-25-22-40(23-26-62)36-76-78(70,71)72/h4-21,34-35,38,40,44,61H,22-33,36-37H2,1-3H3,(H,67,68)(H2,70,71,72)/t44-,77-/m1/s1. The van der Waals surface area contributed by atoms with Gasteiger partial charge in [-0.3, -0.25) is 13.8 Å². The first-order valence-electron chi connectivity index (χ1n) is 26.3. The number of nitrogens with one attached hydrogen (secondary N) is 1. The number of aromatic nitrogens is 1. The summed E-state index contributed by atoms with van der Waals surface area (Å²) in [4.78, 5) is 37.7. The zero-order chi connectivity index (χ0) is 57.1. The minimum atomic E-state index is -5.99. The molecule has 9 rings (SSSR count). The molecule has 3 fully saturated rings. The number of sulfone groups is 1. The molecule has 428 valence electrons. The number of likely N-dealkylation sites (tertiary alicyclic amines) is 1. The zero-order valence-corrected chi connectivity index (χ0v) is 48.5. The molecule has 16 nitrogen and oxygen atoms in total. The van der Waals surface area contributed by atoms with E-state index in [0.717, 1.165) is 39.2 Å². The SMILES string of the molecule is Cc1c(C(=O)O)c(-c2cccc(N3CCN(c4ccc(N5CCO[P@]5(=O)c5ccc(N[C@H](CCN6CCC(COP(=O)(O)O)CC6)CSc6ccccc6)c(S(=O)(=O)C(F)(F)F)c5)cc4)CC3)c2)c(-c2ccc(Cl)cc2)n1C(C)C. The van der Waals surface area contributed by atoms with Crippen molar-refractivity contribution in [3.8, 4) is 22.4 Å². The second-order valence-electron chi connectivity index (χ2n) is 20.4. The number of halogens is 4. The van der Waals surface area contributed by atoms with Crippen molar-refractivity contribution in [3.05, 3.63) is 138 Å². The summed E-state index contributed by atoms with van der Waals surface area (Å²) < 4.78 is 111. The summed E-state index contributed by atoms with van der Waals surface area (Å²) >= 11 is 7.73. The van der Waals surface area contributed by atoms with Crippen LogP contribution >= 0.6 is 38.7 Å². The second kappa shape index (κ2) is 24.6. The van der Waals surface area contributed by atoms with Crippen LogP contribution in [0, 0.1) is 12.8 Å². The highest BCUT2D eigenvalue weighted by atomic mass is 35.5. The minimum Gasteiger partial charge on any atom is -0.478 e. The Balaban J connectivity index is 0.908. The summed E-state index contributed by atoms with van der Waals surface area (Å²) in [5.74, 6) is -0.708. The first-order valence-corrected chi connectivity index (χ1v) is 32.3. The summed E-state index contributed by atoms with van der Waals surface area (Å²) in [6.45, 7) is 10.2. The fourth-order valence-corrected chi connectivity index (χ4v) is 15.6. The lowest BCUT2D eigenvalue weighted by molar-refractivity contribution is -0.0435. The predicted octanol–water partition coefficient (Wildman–Crippen LogP) is 11.8. The van der Waals surface area contributed by atoms with Gasteiger partial charge in [-0.25, -0.2) is 17.8 Å². The maximum atomic E-state index is 15.0. The Hall–Kier alpha value is -5.31. The molecule has 0 aliphatic carbocycles. The van der Waals surface area contributed by atoms with Crippen LogP contribution in [-0.4, -0.2) is 122 Å². The third-order valence-corrected chi connectivity index (χ3v) is 20.9. The van der Waals surface area contributed by atoms with E-state index < -0.39 is 47.6 Å². The van der Waals surface area contributed by atoms with Gasteiger partial charge in [-0.15, -0.1) is 11.8 Å². The number of aromatic carboxylic acids is 1. The molecule has 2 atom stereocenters. The van der Waals surface area contributed by atoms with Gasteiger partial charge in [0.2, 0.25) is 0 Å². The van der Waals surface area contributed by atoms with Crippen molar-refractivity contribution in [2.24, 2.45) is 5.92 Å². The van der Waals surface area contributed by atoms with E-state index in [4.69, 9.17) is 30.4 Å². The van der Waals surface area contributed by atoms with Crippen LogP contribution in [0.25, 0.3) is 22.4 Å². The van der Waals surface area contributed by atoms with E-state index in [9.17, 15) is 36.1 Å². The highest BCUT2D eigenvalue weighted by molar-refractivity contribution is 7.99. The monoisotopic (exact) mass is 1200 g/mol. The van der Waals surface area contributed by atoms with Crippen molar-refractivity contribution >= 4 is 82.6 Å². The first-order chi connectivity index (χ1) is 38.0. The Kier molecular flexibility index (Phi) is 18.3. The summed E-state index contributed by atoms with van der Waals surface area (Å²) in [6.07, 6.45) is 1.65. The Morgan fingerprint density at radius 2 is 1.50 bits per heavy atom. The van der Waals surface area contributed by atoms with E-state index in [1.165, 1.54) is 28.6 Å². The fraction of sp³-hybridized carbons (Fsp3) is 0.375. The number of nitrogens with zero attached hydrogens (tertiary/aromatic N) is 5. The number of hydrogen-bond acceptors (Lipinski definition) is 12. The molecule has 6 aromatic rings. The van der Waals surface area contributed by atoms with Gasteiger partial charge >= 0.3 is 26.8 Å². The molecule has 1 aromatic heterocycles. The molecule has 3 aliphatic heterocycles. The van der Waals surface area contributed by atoms with Crippen LogP contribution in [0.4, 0.5) is 35.9 Å². The molecule has 0 saturated carbocycles. The smallest absolute Gasteiger partial charge is 0.478 e. The number of piperidine rings is 1. The van der Waals surface area contributed by atoms with E-state index in [1.54, 1.807) is 24.3 Å². The predicted molar refractivity (Wildman–Crippen MR) is 310 cm³/mol. The molecule has 24 heteroatoms. The van der Waals surface area contributed by atoms with Gasteiger partial charge in [-0.05, 0) is 149 Å². The maximum absolute atomic E-state index is 15.0. The summed E-state index contributed by atoms with van der Waals surface area (Å²) in [5.41, 5.74) is 0.270. The number of carboxylic acid groups (broad SMARTS) is 1. The molecular weight excluding hydrogens is 1140 g/mol. The lowest BCUT2D eigenvalue weighted by Gasteiger charge is -2.37. The highest BCUT2D eigenvalue weighted by Crippen LogP contribution is 2.56. The molecule has 4 heterocycles. The average molecular weight is 1200 g/mol. The molecule has 5 aromatic carbocycles. The van der Waals surface area contributed by atoms with Gasteiger partial charge in [0.25, 0.3) is 9.84 Å². The number of anilines is 4. The number of hydrogen-bond donors (Lipinski definition) is 4. The number of phosphoric ester groups is 1. The average Bonchev–Trinajstić information content (AvgIpc) is 4.08. The Morgan fingerprint density at radius 3 is 2.12 bits per heavy atom. The minimum absolute atomic E-state index is 0.0283. The molecule has 80 heavy (non-hydrogen) atoms. The molecule has 3 saturated heterocycles. The van der Waals surface area contributed by atoms with Gasteiger partial charge in [0.05, 0.1) is 42.0 Å². The van der Waals surface area contributed by atoms with Crippen molar-refractivity contribution in [3.63, 3.8) is 0 Å². The zero-order valence-electron chi connectivity index (χ0n) is 44.3. The fourth-order valence-electron chi connectivity index (χ4n) is 10.9. The molecule has 0 radical (unpaired) electrons. The molecule has 0 amide bonds. The van der Waals surface area contributed by atoms with Crippen LogP contribution in [0.1, 0.15) is 55.2 Å². The number of carboxylic acids is 1. The largest absolute Gasteiger partial charge is 0.501 e. The number of piperazine rings is 1. The van der Waals surface area contributed by atoms with Crippen molar-refractivity contribution in [2.75, 3.05) is 91.1 Å². The second-order valence-corrected chi connectivity index (χ2v) is 27.4. The Labute approximate surface area is 473 Å². The van der Waals surface area contributed by atoms with Gasteiger partial charge in [0.1, 0.15) is 4.90 Å². The first kappa shape index (κ1) is 59.3. The Bertz CT molecular complexity index is 3380. The molecule has 3 aliphatic rings. The third-order valence-electron chi connectivity index (χ3n) is 14.9. The number of benzene rings is 5. The molecule has 0 bridgehead atoms. The van der Waals surface area contributed by atoms with Crippen LogP contribution < -0.4 is 25.1 Å². The summed E-state index contributed by atoms with van der Waals surface area (Å²) in [5, 5.41) is 14.1. The number of thioether (sulfide) groups is 1. The topological polar surface area (TPSA) is 194 Å². The quantitative estimate of drug-likeness (QED) is 0.0416. The van der Waals surface area contributed by atoms with Gasteiger partial charge < -0.3 is 44.0 Å². The molecule has 0 spiro atoms. The van der Waals surface area contributed by atoms with E-state index in [2.05, 4.69) is 24.6 Å². The number of rotatable bonds is 20. The molecule has 4 N–H and O–H groups in total. The van der Waals surface area contributed by atoms with Crippen molar-refractivity contribution < 1.29 is 59.5 Å². The summed E-state index contributed by atoms with van der Waals surface area (Å²) in [7, 11) is -14.8. The van der Waals surface area contributed by atoms with E-state index >= 15 is 4.57 Å². The van der Waals surface area contributed by atoms with Crippen LogP contribution in [0.15, 0.2) is 131 Å². The molecular formula is C56H64ClF3N6O10P2S2. The summed E-state index contributed by atoms with van der Waals surface area (Å²) in [6, 6.07) is 34.9. The lowest BCUT2D eigenvalue weighted by atomic mass is 9.96. The van der Waals surface area contributed by atoms with E-state index in [0.29, 0.717) is 92.8 Å². The van der Waals surface area contributed by atoms with Gasteiger partial charge in [0, 0.05) is 88.8 Å². The van der Waals surface area contributed by atoms with Gasteiger partial charge in [-0.2, -0.15) is 13.2 Å². The van der Waals surface area contributed by atoms with Crippen molar-refractivity contribution in [2.45, 2.75) is 67.4 Å². The van der Waals surface area contributed by atoms with Crippen LogP contribution in [0.5, 0.6) is 0 Å². The van der Waals surface area contributed by atoms with E-state index in [-0.39, 0.29) is 48.3 Å². The normalized spacial score (nSPS) is 18.3. The van der Waals surface area contributed by atoms with Crippen molar-refractivity contribution in [1.82, 2.24) is 9.47 Å². The number of phosphoric acid groups is 1. The third kappa shape index (κ3) is 13.3. The molecule has 0 unspecified atom stereocenters. The van der Waals surface area contributed by atoms with Crippen LogP contribution in [0.3, 0.4) is 0 Å². The van der Waals surface area contributed by atoms with Gasteiger partial charge in [0.15, 0.2) is 0 Å².